The zero-order valence-corrected chi connectivity index (χ0v) is 14.2. The Morgan fingerprint density at radius 3 is 2.79 bits per heavy atom. The lowest BCUT2D eigenvalue weighted by Crippen LogP contribution is -2.28. The maximum Gasteiger partial charge on any atom is 0.255 e. The minimum atomic E-state index is -3.35. The molecule has 8 nitrogen and oxygen atoms in total. The van der Waals surface area contributed by atoms with Crippen molar-refractivity contribution in [3.63, 3.8) is 0 Å². The number of H-pyrrole nitrogens is 1. The third kappa shape index (κ3) is 3.12. The molecule has 2 aromatic heterocycles. The van der Waals surface area contributed by atoms with Crippen LogP contribution >= 0.6 is 0 Å². The summed E-state index contributed by atoms with van der Waals surface area (Å²) in [6.07, 6.45) is 4.64. The molecule has 1 fully saturated rings. The quantitative estimate of drug-likeness (QED) is 0.876. The van der Waals surface area contributed by atoms with Crippen LogP contribution in [-0.2, 0) is 9.84 Å². The summed E-state index contributed by atoms with van der Waals surface area (Å²) >= 11 is 0. The summed E-state index contributed by atoms with van der Waals surface area (Å²) in [5.41, 5.74) is 1.05. The molecule has 2 aromatic rings. The summed E-state index contributed by atoms with van der Waals surface area (Å²) in [5.74, 6) is 0.238. The van der Waals surface area contributed by atoms with Crippen LogP contribution in [0.1, 0.15) is 28.4 Å². The number of carbonyl (C=O) groups is 1. The normalized spacial score (nSPS) is 17.9. The van der Waals surface area contributed by atoms with Crippen LogP contribution in [0.15, 0.2) is 29.4 Å². The average molecular weight is 350 g/mol. The van der Waals surface area contributed by atoms with Crippen molar-refractivity contribution in [2.45, 2.75) is 17.2 Å². The molecule has 1 aliphatic rings. The van der Waals surface area contributed by atoms with E-state index in [0.29, 0.717) is 36.6 Å². The molecule has 0 aliphatic carbocycles. The average Bonchev–Trinajstić information content (AvgIpc) is 3.22. The van der Waals surface area contributed by atoms with Crippen molar-refractivity contribution in [3.8, 4) is 5.88 Å². The van der Waals surface area contributed by atoms with Gasteiger partial charge in [0.1, 0.15) is 4.90 Å². The van der Waals surface area contributed by atoms with Crippen LogP contribution in [0.2, 0.25) is 0 Å². The molecular formula is C15H18N4O4S. The van der Waals surface area contributed by atoms with Crippen LogP contribution < -0.4 is 4.74 Å². The van der Waals surface area contributed by atoms with Gasteiger partial charge < -0.3 is 9.64 Å². The molecule has 3 heterocycles. The van der Waals surface area contributed by atoms with Gasteiger partial charge in [-0.05, 0) is 12.5 Å². The molecule has 24 heavy (non-hydrogen) atoms. The Balaban J connectivity index is 1.75. The van der Waals surface area contributed by atoms with Gasteiger partial charge in [-0.2, -0.15) is 5.10 Å². The Hall–Kier alpha value is -2.42. The fraction of sp³-hybridized carbons (Fsp3) is 0.400. The zero-order chi connectivity index (χ0) is 17.3. The highest BCUT2D eigenvalue weighted by Gasteiger charge is 2.32. The first-order valence-corrected chi connectivity index (χ1v) is 9.32. The van der Waals surface area contributed by atoms with Crippen molar-refractivity contribution in [1.29, 1.82) is 0 Å². The Kier molecular flexibility index (Phi) is 4.27. The summed E-state index contributed by atoms with van der Waals surface area (Å²) in [5, 5.41) is 6.62. The Morgan fingerprint density at radius 1 is 1.38 bits per heavy atom. The van der Waals surface area contributed by atoms with Crippen molar-refractivity contribution in [2.75, 3.05) is 26.5 Å². The topological polar surface area (TPSA) is 105 Å². The summed E-state index contributed by atoms with van der Waals surface area (Å²) < 4.78 is 28.6. The molecule has 128 valence electrons. The second kappa shape index (κ2) is 6.23. The van der Waals surface area contributed by atoms with Gasteiger partial charge in [-0.1, -0.05) is 0 Å². The number of methoxy groups -OCH3 is 1. The molecule has 3 rings (SSSR count). The first-order valence-electron chi connectivity index (χ1n) is 7.43. The minimum Gasteiger partial charge on any atom is -0.481 e. The zero-order valence-electron chi connectivity index (χ0n) is 13.4. The van der Waals surface area contributed by atoms with Crippen LogP contribution in [0, 0.1) is 0 Å². The number of hydrogen-bond donors (Lipinski definition) is 1. The maximum absolute atomic E-state index is 12.5. The molecule has 0 bridgehead atoms. The predicted molar refractivity (Wildman–Crippen MR) is 85.7 cm³/mol. The largest absolute Gasteiger partial charge is 0.481 e. The smallest absolute Gasteiger partial charge is 0.255 e. The van der Waals surface area contributed by atoms with E-state index in [4.69, 9.17) is 4.74 Å². The fourth-order valence-electron chi connectivity index (χ4n) is 2.86. The van der Waals surface area contributed by atoms with Gasteiger partial charge in [-0.15, -0.1) is 0 Å². The predicted octanol–water partition coefficient (Wildman–Crippen LogP) is 0.846. The van der Waals surface area contributed by atoms with Gasteiger partial charge in [0.15, 0.2) is 9.84 Å². The minimum absolute atomic E-state index is 0.0765. The van der Waals surface area contributed by atoms with E-state index in [1.807, 2.05) is 0 Å². The highest BCUT2D eigenvalue weighted by Crippen LogP contribution is 2.30. The Morgan fingerprint density at radius 2 is 2.17 bits per heavy atom. The van der Waals surface area contributed by atoms with E-state index in [2.05, 4.69) is 15.2 Å². The van der Waals surface area contributed by atoms with Crippen LogP contribution in [0.3, 0.4) is 0 Å². The Labute approximate surface area is 139 Å². The molecule has 0 saturated carbocycles. The number of aromatic amines is 1. The van der Waals surface area contributed by atoms with Crippen molar-refractivity contribution in [2.24, 2.45) is 0 Å². The third-order valence-electron chi connectivity index (χ3n) is 4.11. The lowest BCUT2D eigenvalue weighted by Gasteiger charge is -2.16. The molecule has 1 amide bonds. The number of pyridine rings is 1. The number of rotatable bonds is 4. The summed E-state index contributed by atoms with van der Waals surface area (Å²) in [6.45, 7) is 0.993. The number of amides is 1. The molecule has 1 atom stereocenters. The fourth-order valence-corrected chi connectivity index (χ4v) is 3.72. The van der Waals surface area contributed by atoms with E-state index in [9.17, 15) is 13.2 Å². The standard InChI is InChI=1S/C15H18N4O4S/c1-23-13-4-3-10(7-16-13)15(20)19-6-5-11(9-19)14-12(8-17-18-14)24(2,21)22/h3-4,7-8,11H,5-6,9H2,1-2H3,(H,17,18)/t11-/m1/s1. The second-order valence-corrected chi connectivity index (χ2v) is 7.73. The summed E-state index contributed by atoms with van der Waals surface area (Å²) in [7, 11) is -1.83. The number of ether oxygens (including phenoxy) is 1. The van der Waals surface area contributed by atoms with E-state index in [1.54, 1.807) is 17.0 Å². The number of sulfone groups is 1. The van der Waals surface area contributed by atoms with Crippen molar-refractivity contribution >= 4 is 15.7 Å². The number of aromatic nitrogens is 3. The lowest BCUT2D eigenvalue weighted by atomic mass is 10.1. The van der Waals surface area contributed by atoms with Gasteiger partial charge in [0, 0.05) is 37.5 Å². The first kappa shape index (κ1) is 16.4. The molecule has 1 saturated heterocycles. The van der Waals surface area contributed by atoms with Gasteiger partial charge >= 0.3 is 0 Å². The molecule has 0 spiro atoms. The van der Waals surface area contributed by atoms with Crippen molar-refractivity contribution < 1.29 is 17.9 Å². The lowest BCUT2D eigenvalue weighted by molar-refractivity contribution is 0.0790. The van der Waals surface area contributed by atoms with E-state index >= 15 is 0 Å². The van der Waals surface area contributed by atoms with E-state index < -0.39 is 9.84 Å². The van der Waals surface area contributed by atoms with Gasteiger partial charge in [0.2, 0.25) is 5.88 Å². The number of nitrogens with zero attached hydrogens (tertiary/aromatic N) is 3. The molecule has 1 aliphatic heterocycles. The second-order valence-electron chi connectivity index (χ2n) is 5.75. The summed E-state index contributed by atoms with van der Waals surface area (Å²) in [6, 6.07) is 3.30. The SMILES string of the molecule is COc1ccc(C(=O)N2CC[C@@H](c3[nH]ncc3S(C)(=O)=O)C2)cn1. The van der Waals surface area contributed by atoms with E-state index in [0.717, 1.165) is 6.26 Å². The monoisotopic (exact) mass is 350 g/mol. The molecular weight excluding hydrogens is 332 g/mol. The molecule has 0 unspecified atom stereocenters. The van der Waals surface area contributed by atoms with Gasteiger partial charge in [0.25, 0.3) is 5.91 Å². The third-order valence-corrected chi connectivity index (χ3v) is 5.23. The first-order chi connectivity index (χ1) is 11.4. The number of hydrogen-bond acceptors (Lipinski definition) is 6. The van der Waals surface area contributed by atoms with Gasteiger partial charge in [-0.25, -0.2) is 13.4 Å². The molecule has 1 N–H and O–H groups in total. The number of carbonyl (C=O) groups excluding carboxylic acids is 1. The number of nitrogens with one attached hydrogen (secondary N) is 1. The van der Waals surface area contributed by atoms with Crippen LogP contribution in [0.5, 0.6) is 5.88 Å². The van der Waals surface area contributed by atoms with Crippen LogP contribution in [-0.4, -0.2) is 60.9 Å². The molecule has 0 radical (unpaired) electrons. The molecule has 0 aromatic carbocycles. The highest BCUT2D eigenvalue weighted by atomic mass is 32.2. The maximum atomic E-state index is 12.5. The number of likely N-dealkylation sites (tertiary alicyclic amines) is 1. The van der Waals surface area contributed by atoms with Crippen molar-refractivity contribution in [3.05, 3.63) is 35.8 Å². The van der Waals surface area contributed by atoms with Crippen molar-refractivity contribution in [1.82, 2.24) is 20.1 Å². The highest BCUT2D eigenvalue weighted by molar-refractivity contribution is 7.90. The Bertz CT molecular complexity index is 845. The van der Waals surface area contributed by atoms with Gasteiger partial charge in [0.05, 0.1) is 24.6 Å². The molecule has 9 heteroatoms. The van der Waals surface area contributed by atoms with Gasteiger partial charge in [-0.3, -0.25) is 9.89 Å². The van der Waals surface area contributed by atoms with Crippen LogP contribution in [0.25, 0.3) is 0 Å². The van der Waals surface area contributed by atoms with E-state index in [-0.39, 0.29) is 16.7 Å². The van der Waals surface area contributed by atoms with Crippen LogP contribution in [0.4, 0.5) is 0 Å². The summed E-state index contributed by atoms with van der Waals surface area (Å²) in [4.78, 5) is 18.5. The van der Waals surface area contributed by atoms with E-state index in [1.165, 1.54) is 19.5 Å².